The Morgan fingerprint density at radius 3 is 2.47 bits per heavy atom. The number of hydrazone groups is 1. The van der Waals surface area contributed by atoms with Gasteiger partial charge < -0.3 is 23.2 Å². The molecule has 0 fully saturated rings. The lowest BCUT2D eigenvalue weighted by atomic mass is 10.2. The van der Waals surface area contributed by atoms with Crippen LogP contribution in [0.4, 0.5) is 4.39 Å². The summed E-state index contributed by atoms with van der Waals surface area (Å²) in [5.74, 6) is 1.19. The van der Waals surface area contributed by atoms with Crippen molar-refractivity contribution in [2.75, 3.05) is 7.11 Å². The molecule has 0 spiro atoms. The number of nitrogens with one attached hydrogen (secondary N) is 1. The maximum Gasteiger partial charge on any atom is 0.307 e. The zero-order valence-corrected chi connectivity index (χ0v) is 25.4. The summed E-state index contributed by atoms with van der Waals surface area (Å²) in [5.41, 5.74) is 7.01. The molecule has 5 aromatic rings. The SMILES string of the molecule is COc1cc(Br)cc(C=NNC(=O)c2ccc(COc3ccc(-n4c(C)ccc4C)cc3)o2)c1OCc1cccc(F)c1. The maximum atomic E-state index is 13.6. The van der Waals surface area contributed by atoms with E-state index in [-0.39, 0.29) is 24.8 Å². The molecule has 0 saturated heterocycles. The summed E-state index contributed by atoms with van der Waals surface area (Å²) in [6.07, 6.45) is 1.43. The average Bonchev–Trinajstić information content (AvgIpc) is 3.61. The second-order valence-electron chi connectivity index (χ2n) is 9.64. The first-order valence-electron chi connectivity index (χ1n) is 13.4. The maximum absolute atomic E-state index is 13.6. The number of rotatable bonds is 11. The zero-order valence-electron chi connectivity index (χ0n) is 23.8. The van der Waals surface area contributed by atoms with Crippen LogP contribution in [0.25, 0.3) is 5.69 Å². The third-order valence-electron chi connectivity index (χ3n) is 6.54. The lowest BCUT2D eigenvalue weighted by Gasteiger charge is -2.14. The van der Waals surface area contributed by atoms with Gasteiger partial charge in [0.15, 0.2) is 17.3 Å². The van der Waals surface area contributed by atoms with E-state index in [0.29, 0.717) is 34.1 Å². The molecular formula is C33H29BrFN3O5. The fourth-order valence-corrected chi connectivity index (χ4v) is 4.94. The van der Waals surface area contributed by atoms with Crippen LogP contribution >= 0.6 is 15.9 Å². The Labute approximate surface area is 256 Å². The molecule has 0 saturated carbocycles. The summed E-state index contributed by atoms with van der Waals surface area (Å²) in [7, 11) is 1.51. The normalized spacial score (nSPS) is 11.1. The number of nitrogens with zero attached hydrogens (tertiary/aromatic N) is 2. The van der Waals surface area contributed by atoms with Gasteiger partial charge in [0.1, 0.15) is 30.5 Å². The highest BCUT2D eigenvalue weighted by Crippen LogP contribution is 2.34. The molecule has 220 valence electrons. The van der Waals surface area contributed by atoms with Crippen LogP contribution in [0.5, 0.6) is 17.2 Å². The predicted octanol–water partition coefficient (Wildman–Crippen LogP) is 7.52. The molecule has 2 aromatic heterocycles. The smallest absolute Gasteiger partial charge is 0.307 e. The van der Waals surface area contributed by atoms with Crippen LogP contribution in [-0.2, 0) is 13.2 Å². The number of methoxy groups -OCH3 is 1. The van der Waals surface area contributed by atoms with E-state index in [1.807, 2.05) is 24.3 Å². The van der Waals surface area contributed by atoms with Crippen molar-refractivity contribution in [3.63, 3.8) is 0 Å². The molecule has 43 heavy (non-hydrogen) atoms. The number of furan rings is 1. The number of amides is 1. The van der Waals surface area contributed by atoms with Gasteiger partial charge in [0.2, 0.25) is 0 Å². The first kappa shape index (κ1) is 29.7. The van der Waals surface area contributed by atoms with Gasteiger partial charge in [0, 0.05) is 27.1 Å². The number of benzene rings is 3. The van der Waals surface area contributed by atoms with Crippen molar-refractivity contribution >= 4 is 28.1 Å². The molecule has 5 rings (SSSR count). The predicted molar refractivity (Wildman–Crippen MR) is 165 cm³/mol. The van der Waals surface area contributed by atoms with E-state index >= 15 is 0 Å². The molecule has 0 unspecified atom stereocenters. The van der Waals surface area contributed by atoms with Crippen LogP contribution in [0, 0.1) is 19.7 Å². The number of carbonyl (C=O) groups excluding carboxylic acids is 1. The van der Waals surface area contributed by atoms with E-state index < -0.39 is 5.91 Å². The Kier molecular flexibility index (Phi) is 9.26. The first-order valence-corrected chi connectivity index (χ1v) is 14.1. The highest BCUT2D eigenvalue weighted by atomic mass is 79.9. The quantitative estimate of drug-likeness (QED) is 0.119. The molecule has 1 amide bonds. The van der Waals surface area contributed by atoms with Crippen molar-refractivity contribution in [3.05, 3.63) is 129 Å². The summed E-state index contributed by atoms with van der Waals surface area (Å²) in [6, 6.07) is 24.8. The Morgan fingerprint density at radius 1 is 0.977 bits per heavy atom. The van der Waals surface area contributed by atoms with Crippen molar-refractivity contribution in [2.45, 2.75) is 27.1 Å². The number of halogens is 2. The van der Waals surface area contributed by atoms with Gasteiger partial charge in [0.25, 0.3) is 0 Å². The fourth-order valence-electron chi connectivity index (χ4n) is 4.49. The van der Waals surface area contributed by atoms with Crippen LogP contribution in [0.1, 0.15) is 38.8 Å². The number of hydrogen-bond donors (Lipinski definition) is 1. The minimum absolute atomic E-state index is 0.0825. The largest absolute Gasteiger partial charge is 0.493 e. The van der Waals surface area contributed by atoms with Crippen LogP contribution in [0.2, 0.25) is 0 Å². The highest BCUT2D eigenvalue weighted by molar-refractivity contribution is 9.10. The molecule has 2 heterocycles. The van der Waals surface area contributed by atoms with Crippen molar-refractivity contribution < 1.29 is 27.8 Å². The number of ether oxygens (including phenoxy) is 3. The lowest BCUT2D eigenvalue weighted by molar-refractivity contribution is 0.0923. The Bertz CT molecular complexity index is 1740. The van der Waals surface area contributed by atoms with Crippen molar-refractivity contribution in [1.82, 2.24) is 9.99 Å². The minimum atomic E-state index is -0.534. The van der Waals surface area contributed by atoms with E-state index in [1.165, 1.54) is 25.5 Å². The molecule has 0 bridgehead atoms. The Balaban J connectivity index is 1.19. The van der Waals surface area contributed by atoms with E-state index in [1.54, 1.807) is 36.4 Å². The second kappa shape index (κ2) is 13.4. The second-order valence-corrected chi connectivity index (χ2v) is 10.6. The number of hydrogen-bond acceptors (Lipinski definition) is 6. The van der Waals surface area contributed by atoms with Gasteiger partial charge in [-0.1, -0.05) is 28.1 Å². The summed E-state index contributed by atoms with van der Waals surface area (Å²) in [5, 5.41) is 4.07. The van der Waals surface area contributed by atoms with Crippen LogP contribution in [0.3, 0.4) is 0 Å². The summed E-state index contributed by atoms with van der Waals surface area (Å²) in [6.45, 7) is 4.39. The van der Waals surface area contributed by atoms with Crippen LogP contribution < -0.4 is 19.6 Å². The number of aryl methyl sites for hydroxylation is 2. The first-order chi connectivity index (χ1) is 20.8. The molecule has 0 atom stereocenters. The van der Waals surface area contributed by atoms with E-state index in [9.17, 15) is 9.18 Å². The van der Waals surface area contributed by atoms with Crippen molar-refractivity contribution in [1.29, 1.82) is 0 Å². The molecule has 0 aliphatic heterocycles. The van der Waals surface area contributed by atoms with Gasteiger partial charge in [-0.05, 0) is 92.2 Å². The molecule has 0 aliphatic rings. The lowest BCUT2D eigenvalue weighted by Crippen LogP contribution is -2.17. The molecule has 3 aromatic carbocycles. The molecular weight excluding hydrogens is 617 g/mol. The third kappa shape index (κ3) is 7.34. The summed E-state index contributed by atoms with van der Waals surface area (Å²) >= 11 is 3.44. The van der Waals surface area contributed by atoms with Crippen molar-refractivity contribution in [3.8, 4) is 22.9 Å². The molecule has 0 radical (unpaired) electrons. The third-order valence-corrected chi connectivity index (χ3v) is 7.00. The monoisotopic (exact) mass is 645 g/mol. The van der Waals surface area contributed by atoms with E-state index in [2.05, 4.69) is 57.0 Å². The van der Waals surface area contributed by atoms with Crippen molar-refractivity contribution in [2.24, 2.45) is 5.10 Å². The van der Waals surface area contributed by atoms with Gasteiger partial charge in [-0.3, -0.25) is 4.79 Å². The Morgan fingerprint density at radius 2 is 1.74 bits per heavy atom. The average molecular weight is 647 g/mol. The standard InChI is InChI=1S/C33H29BrFN3O5/c1-21-7-8-22(2)38(21)27-9-11-28(12-10-27)41-20-29-13-14-30(43-29)33(39)37-36-18-24-16-25(34)17-31(40-3)32(24)42-19-23-5-4-6-26(35)15-23/h4-18H,19-20H2,1-3H3,(H,37,39). The molecule has 0 aliphatic carbocycles. The van der Waals surface area contributed by atoms with Crippen LogP contribution in [0.15, 0.2) is 98.9 Å². The van der Waals surface area contributed by atoms with Gasteiger partial charge in [-0.2, -0.15) is 5.10 Å². The number of carbonyl (C=O) groups is 1. The molecule has 8 nitrogen and oxygen atoms in total. The van der Waals surface area contributed by atoms with E-state index in [4.69, 9.17) is 18.6 Å². The number of aromatic nitrogens is 1. The van der Waals surface area contributed by atoms with Crippen LogP contribution in [-0.4, -0.2) is 23.8 Å². The van der Waals surface area contributed by atoms with E-state index in [0.717, 1.165) is 21.5 Å². The fraction of sp³-hybridized carbons (Fsp3) is 0.152. The topological polar surface area (TPSA) is 87.2 Å². The minimum Gasteiger partial charge on any atom is -0.493 e. The van der Waals surface area contributed by atoms with Gasteiger partial charge >= 0.3 is 5.91 Å². The molecule has 10 heteroatoms. The Hall–Kier alpha value is -4.83. The summed E-state index contributed by atoms with van der Waals surface area (Å²) < 4.78 is 39.4. The summed E-state index contributed by atoms with van der Waals surface area (Å²) in [4.78, 5) is 12.7. The molecule has 1 N–H and O–H groups in total. The van der Waals surface area contributed by atoms with Gasteiger partial charge in [-0.15, -0.1) is 0 Å². The van der Waals surface area contributed by atoms with Gasteiger partial charge in [0.05, 0.1) is 13.3 Å². The highest BCUT2D eigenvalue weighted by Gasteiger charge is 2.14. The zero-order chi connectivity index (χ0) is 30.3. The van der Waals surface area contributed by atoms with Gasteiger partial charge in [-0.25, -0.2) is 9.82 Å².